The fourth-order valence-electron chi connectivity index (χ4n) is 2.77. The van der Waals surface area contributed by atoms with Crippen LogP contribution in [0.2, 0.25) is 0 Å². The highest BCUT2D eigenvalue weighted by atomic mass is 32.2. The van der Waals surface area contributed by atoms with E-state index < -0.39 is 0 Å². The first-order chi connectivity index (χ1) is 9.19. The standard InChI is InChI=1S/C18H22S/c1-5-9-17-15(6-2)18(13(3)4)16-11-8-7-10-14(16)12-19-17/h5-11,13,18H,2,12H2,1,3-4H3/b9-5-. The number of benzene rings is 1. The Morgan fingerprint density at radius 1 is 1.32 bits per heavy atom. The maximum atomic E-state index is 4.06. The van der Waals surface area contributed by atoms with Crippen molar-refractivity contribution in [1.82, 2.24) is 0 Å². The van der Waals surface area contributed by atoms with Crippen molar-refractivity contribution in [3.05, 3.63) is 70.7 Å². The maximum Gasteiger partial charge on any atom is 0.0235 e. The first kappa shape index (κ1) is 14.2. The number of rotatable bonds is 3. The van der Waals surface area contributed by atoms with Crippen molar-refractivity contribution in [2.45, 2.75) is 32.4 Å². The van der Waals surface area contributed by atoms with Gasteiger partial charge in [-0.25, -0.2) is 0 Å². The molecule has 0 radical (unpaired) electrons. The fourth-order valence-corrected chi connectivity index (χ4v) is 3.95. The topological polar surface area (TPSA) is 0 Å². The lowest BCUT2D eigenvalue weighted by Crippen LogP contribution is -2.10. The normalized spacial score (nSPS) is 19.7. The van der Waals surface area contributed by atoms with E-state index in [0.717, 1.165) is 5.75 Å². The highest BCUT2D eigenvalue weighted by Gasteiger charge is 2.26. The molecule has 1 aliphatic rings. The molecule has 1 aliphatic heterocycles. The predicted molar refractivity (Wildman–Crippen MR) is 87.4 cm³/mol. The molecule has 1 unspecified atom stereocenters. The number of fused-ring (bicyclic) bond motifs is 1. The Morgan fingerprint density at radius 2 is 2.05 bits per heavy atom. The van der Waals surface area contributed by atoms with Gasteiger partial charge >= 0.3 is 0 Å². The van der Waals surface area contributed by atoms with Gasteiger partial charge in [0.2, 0.25) is 0 Å². The van der Waals surface area contributed by atoms with Crippen molar-refractivity contribution in [2.24, 2.45) is 5.92 Å². The van der Waals surface area contributed by atoms with Crippen LogP contribution < -0.4 is 0 Å². The van der Waals surface area contributed by atoms with Crippen LogP contribution in [0, 0.1) is 5.92 Å². The zero-order valence-corrected chi connectivity index (χ0v) is 12.8. The lowest BCUT2D eigenvalue weighted by Gasteiger charge is -2.24. The van der Waals surface area contributed by atoms with Crippen molar-refractivity contribution in [1.29, 1.82) is 0 Å². The Balaban J connectivity index is 2.61. The summed E-state index contributed by atoms with van der Waals surface area (Å²) in [5.41, 5.74) is 4.31. The fraction of sp³-hybridized carbons (Fsp3) is 0.333. The molecule has 0 aliphatic carbocycles. The number of allylic oxidation sites excluding steroid dienone is 4. The summed E-state index contributed by atoms with van der Waals surface area (Å²) in [5, 5.41) is 0. The van der Waals surface area contributed by atoms with Gasteiger partial charge in [0.1, 0.15) is 0 Å². The van der Waals surface area contributed by atoms with Crippen LogP contribution in [-0.4, -0.2) is 0 Å². The van der Waals surface area contributed by atoms with Crippen molar-refractivity contribution < 1.29 is 0 Å². The Labute approximate surface area is 121 Å². The zero-order chi connectivity index (χ0) is 13.8. The lowest BCUT2D eigenvalue weighted by molar-refractivity contribution is 0.561. The first-order valence-corrected chi connectivity index (χ1v) is 7.87. The van der Waals surface area contributed by atoms with Crippen molar-refractivity contribution in [3.63, 3.8) is 0 Å². The molecule has 1 aromatic carbocycles. The molecule has 19 heavy (non-hydrogen) atoms. The number of hydrogen-bond acceptors (Lipinski definition) is 1. The van der Waals surface area contributed by atoms with E-state index in [1.54, 1.807) is 0 Å². The van der Waals surface area contributed by atoms with Gasteiger partial charge in [0, 0.05) is 16.6 Å². The highest BCUT2D eigenvalue weighted by Crippen LogP contribution is 2.43. The van der Waals surface area contributed by atoms with E-state index in [1.807, 2.05) is 11.8 Å². The van der Waals surface area contributed by atoms with Crippen LogP contribution in [0.15, 0.2) is 59.6 Å². The molecule has 0 nitrogen and oxygen atoms in total. The number of hydrogen-bond donors (Lipinski definition) is 0. The summed E-state index contributed by atoms with van der Waals surface area (Å²) < 4.78 is 0. The zero-order valence-electron chi connectivity index (χ0n) is 12.0. The second-order valence-corrected chi connectivity index (χ2v) is 6.25. The minimum Gasteiger partial charge on any atom is -0.121 e. The quantitative estimate of drug-likeness (QED) is 0.680. The lowest BCUT2D eigenvalue weighted by atomic mass is 9.80. The largest absolute Gasteiger partial charge is 0.121 e. The van der Waals surface area contributed by atoms with Gasteiger partial charge in [-0.15, -0.1) is 11.8 Å². The van der Waals surface area contributed by atoms with E-state index >= 15 is 0 Å². The van der Waals surface area contributed by atoms with Crippen LogP contribution in [0.1, 0.15) is 37.8 Å². The molecule has 0 amide bonds. The molecular weight excluding hydrogens is 248 g/mol. The van der Waals surface area contributed by atoms with E-state index in [0.29, 0.717) is 11.8 Å². The van der Waals surface area contributed by atoms with Gasteiger partial charge in [0.05, 0.1) is 0 Å². The Bertz CT molecular complexity index is 520. The second kappa shape index (κ2) is 6.29. The summed E-state index contributed by atoms with van der Waals surface area (Å²) in [7, 11) is 0. The first-order valence-electron chi connectivity index (χ1n) is 6.89. The van der Waals surface area contributed by atoms with Crippen LogP contribution in [0.25, 0.3) is 0 Å². The van der Waals surface area contributed by atoms with Crippen molar-refractivity contribution >= 4 is 11.8 Å². The Kier molecular flexibility index (Phi) is 4.71. The highest BCUT2D eigenvalue weighted by molar-refractivity contribution is 8.02. The average Bonchev–Trinajstić information content (AvgIpc) is 2.56. The summed E-state index contributed by atoms with van der Waals surface area (Å²) in [6, 6.07) is 8.84. The van der Waals surface area contributed by atoms with Crippen LogP contribution >= 0.6 is 11.8 Å². The molecule has 0 saturated carbocycles. The van der Waals surface area contributed by atoms with Gasteiger partial charge in [0.15, 0.2) is 0 Å². The molecule has 1 atom stereocenters. The maximum absolute atomic E-state index is 4.06. The van der Waals surface area contributed by atoms with E-state index in [2.05, 4.69) is 69.8 Å². The second-order valence-electron chi connectivity index (χ2n) is 5.23. The van der Waals surface area contributed by atoms with Gasteiger partial charge < -0.3 is 0 Å². The van der Waals surface area contributed by atoms with Crippen LogP contribution in [0.4, 0.5) is 0 Å². The molecule has 1 heterocycles. The Hall–Kier alpha value is -1.21. The molecule has 0 aromatic heterocycles. The SMILES string of the molecule is C=CC1=C(/C=C\C)SCc2ccccc2C1C(C)C. The minimum absolute atomic E-state index is 0.454. The smallest absolute Gasteiger partial charge is 0.0235 e. The van der Waals surface area contributed by atoms with Gasteiger partial charge in [-0.2, -0.15) is 0 Å². The molecule has 1 aromatic rings. The molecule has 0 bridgehead atoms. The van der Waals surface area contributed by atoms with Gasteiger partial charge in [-0.3, -0.25) is 0 Å². The molecule has 2 rings (SSSR count). The van der Waals surface area contributed by atoms with Crippen LogP contribution in [0.5, 0.6) is 0 Å². The molecule has 0 N–H and O–H groups in total. The molecule has 1 heteroatoms. The molecule has 100 valence electrons. The summed E-state index contributed by atoms with van der Waals surface area (Å²) in [4.78, 5) is 1.37. The van der Waals surface area contributed by atoms with Crippen LogP contribution in [0.3, 0.4) is 0 Å². The third-order valence-electron chi connectivity index (χ3n) is 3.60. The van der Waals surface area contributed by atoms with Gasteiger partial charge in [0.25, 0.3) is 0 Å². The molecule has 0 saturated heterocycles. The third-order valence-corrected chi connectivity index (χ3v) is 4.74. The van der Waals surface area contributed by atoms with E-state index in [9.17, 15) is 0 Å². The number of thioether (sulfide) groups is 1. The van der Waals surface area contributed by atoms with E-state index in [1.165, 1.54) is 21.6 Å². The van der Waals surface area contributed by atoms with Gasteiger partial charge in [-0.05, 0) is 29.5 Å². The van der Waals surface area contributed by atoms with E-state index in [-0.39, 0.29) is 0 Å². The molecule has 0 fully saturated rings. The molecular formula is C18H22S. The summed E-state index contributed by atoms with van der Waals surface area (Å²) in [5.74, 6) is 2.08. The van der Waals surface area contributed by atoms with Crippen molar-refractivity contribution in [2.75, 3.05) is 0 Å². The monoisotopic (exact) mass is 270 g/mol. The Morgan fingerprint density at radius 3 is 2.68 bits per heavy atom. The summed E-state index contributed by atoms with van der Waals surface area (Å²) in [6.45, 7) is 10.7. The molecule has 0 spiro atoms. The summed E-state index contributed by atoms with van der Waals surface area (Å²) >= 11 is 1.93. The predicted octanol–water partition coefficient (Wildman–Crippen LogP) is 5.69. The third kappa shape index (κ3) is 2.87. The summed E-state index contributed by atoms with van der Waals surface area (Å²) in [6.07, 6.45) is 6.40. The van der Waals surface area contributed by atoms with E-state index in [4.69, 9.17) is 0 Å². The van der Waals surface area contributed by atoms with Crippen LogP contribution in [-0.2, 0) is 5.75 Å². The van der Waals surface area contributed by atoms with Gasteiger partial charge in [-0.1, -0.05) is 62.9 Å². The average molecular weight is 270 g/mol. The minimum atomic E-state index is 0.454. The van der Waals surface area contributed by atoms with Crippen molar-refractivity contribution in [3.8, 4) is 0 Å².